The Labute approximate surface area is 141 Å². The fourth-order valence-corrected chi connectivity index (χ4v) is 4.39. The highest BCUT2D eigenvalue weighted by atomic mass is 16.2. The lowest BCUT2D eigenvalue weighted by molar-refractivity contribution is 0.135. The average molecular weight is 322 g/mol. The first kappa shape index (κ1) is 17.0. The fourth-order valence-electron chi connectivity index (χ4n) is 4.39. The Kier molecular flexibility index (Phi) is 5.16. The number of nitrogens with one attached hydrogen (secondary N) is 1. The molecule has 0 radical (unpaired) electrons. The third kappa shape index (κ3) is 3.82. The summed E-state index contributed by atoms with van der Waals surface area (Å²) < 4.78 is 0. The molecule has 0 spiro atoms. The molecule has 3 rings (SSSR count). The molecule has 2 atom stereocenters. The zero-order chi connectivity index (χ0) is 16.4. The molecular weight excluding hydrogens is 288 g/mol. The number of likely N-dealkylation sites (tertiary alicyclic amines) is 1. The van der Waals surface area contributed by atoms with Crippen molar-refractivity contribution in [3.05, 3.63) is 0 Å². The van der Waals surface area contributed by atoms with Crippen LogP contribution < -0.4 is 5.32 Å². The van der Waals surface area contributed by atoms with Gasteiger partial charge in [-0.2, -0.15) is 0 Å². The molecule has 1 aliphatic carbocycles. The normalized spacial score (nSPS) is 30.3. The van der Waals surface area contributed by atoms with Gasteiger partial charge in [0.05, 0.1) is 0 Å². The maximum Gasteiger partial charge on any atom is 0.317 e. The van der Waals surface area contributed by atoms with E-state index >= 15 is 0 Å². The van der Waals surface area contributed by atoms with Crippen LogP contribution in [0.25, 0.3) is 0 Å². The maximum atomic E-state index is 12.2. The first-order chi connectivity index (χ1) is 11.0. The zero-order valence-electron chi connectivity index (χ0n) is 15.2. The van der Waals surface area contributed by atoms with E-state index in [-0.39, 0.29) is 6.03 Å². The van der Waals surface area contributed by atoms with Gasteiger partial charge in [0.1, 0.15) is 0 Å². The molecule has 132 valence electrons. The first-order valence-electron chi connectivity index (χ1n) is 9.50. The van der Waals surface area contributed by atoms with Gasteiger partial charge in [0.15, 0.2) is 0 Å². The second kappa shape index (κ2) is 6.98. The zero-order valence-corrected chi connectivity index (χ0v) is 15.2. The molecule has 0 aromatic carbocycles. The quantitative estimate of drug-likeness (QED) is 0.757. The molecule has 3 fully saturated rings. The van der Waals surface area contributed by atoms with Crippen LogP contribution in [-0.4, -0.2) is 79.6 Å². The second-order valence-corrected chi connectivity index (χ2v) is 8.15. The van der Waals surface area contributed by atoms with E-state index in [1.54, 1.807) is 0 Å². The monoisotopic (exact) mass is 322 g/mol. The third-order valence-corrected chi connectivity index (χ3v) is 6.50. The van der Waals surface area contributed by atoms with Crippen LogP contribution in [0.1, 0.15) is 33.6 Å². The van der Waals surface area contributed by atoms with Gasteiger partial charge in [0.25, 0.3) is 0 Å². The molecule has 1 N–H and O–H groups in total. The standard InChI is InChI=1S/C18H34N4O/c1-4-20-9-11-21(12-10-20)8-6-5-7-19-17(23)22-13-15-16(14-22)18(15,2)3/h15-16H,4-14H2,1-3H3,(H,19,23)/t15-,16-/m1/s1. The fraction of sp³-hybridized carbons (Fsp3) is 0.944. The number of nitrogens with zero attached hydrogens (tertiary/aromatic N) is 3. The molecule has 0 unspecified atom stereocenters. The number of carbonyl (C=O) groups is 1. The molecule has 5 heteroatoms. The van der Waals surface area contributed by atoms with Crippen molar-refractivity contribution in [2.75, 3.05) is 58.9 Å². The van der Waals surface area contributed by atoms with Crippen LogP contribution in [0.15, 0.2) is 0 Å². The van der Waals surface area contributed by atoms with Gasteiger partial charge < -0.3 is 20.0 Å². The maximum absolute atomic E-state index is 12.2. The van der Waals surface area contributed by atoms with Crippen LogP contribution in [0.4, 0.5) is 4.79 Å². The molecule has 2 aliphatic heterocycles. The summed E-state index contributed by atoms with van der Waals surface area (Å²) in [4.78, 5) is 19.2. The van der Waals surface area contributed by atoms with Crippen molar-refractivity contribution in [2.45, 2.75) is 33.6 Å². The van der Waals surface area contributed by atoms with E-state index in [1.165, 1.54) is 45.7 Å². The van der Waals surface area contributed by atoms with Crippen molar-refractivity contribution in [1.82, 2.24) is 20.0 Å². The predicted octanol–water partition coefficient (Wildman–Crippen LogP) is 1.70. The Morgan fingerprint density at radius 2 is 1.65 bits per heavy atom. The number of piperazine rings is 1. The summed E-state index contributed by atoms with van der Waals surface area (Å²) in [6.07, 6.45) is 2.27. The molecule has 2 heterocycles. The minimum absolute atomic E-state index is 0.157. The summed E-state index contributed by atoms with van der Waals surface area (Å²) in [5.74, 6) is 1.49. The molecule has 23 heavy (non-hydrogen) atoms. The van der Waals surface area contributed by atoms with Crippen LogP contribution in [0.3, 0.4) is 0 Å². The van der Waals surface area contributed by atoms with E-state index in [0.717, 1.165) is 37.9 Å². The number of hydrogen-bond acceptors (Lipinski definition) is 3. The van der Waals surface area contributed by atoms with Crippen molar-refractivity contribution in [2.24, 2.45) is 17.3 Å². The highest BCUT2D eigenvalue weighted by Gasteiger charge is 2.62. The average Bonchev–Trinajstić information content (AvgIpc) is 2.93. The van der Waals surface area contributed by atoms with Gasteiger partial charge in [-0.25, -0.2) is 4.79 Å². The van der Waals surface area contributed by atoms with Gasteiger partial charge in [-0.15, -0.1) is 0 Å². The van der Waals surface area contributed by atoms with Crippen molar-refractivity contribution < 1.29 is 4.79 Å². The highest BCUT2D eigenvalue weighted by molar-refractivity contribution is 5.74. The molecule has 1 saturated carbocycles. The summed E-state index contributed by atoms with van der Waals surface area (Å²) in [5.41, 5.74) is 0.485. The van der Waals surface area contributed by atoms with E-state index in [1.807, 2.05) is 4.90 Å². The lowest BCUT2D eigenvalue weighted by atomic mass is 10.1. The van der Waals surface area contributed by atoms with Gasteiger partial charge in [-0.3, -0.25) is 0 Å². The Balaban J connectivity index is 1.22. The van der Waals surface area contributed by atoms with Gasteiger partial charge in [-0.1, -0.05) is 20.8 Å². The van der Waals surface area contributed by atoms with Gasteiger partial charge >= 0.3 is 6.03 Å². The van der Waals surface area contributed by atoms with E-state index in [9.17, 15) is 4.79 Å². The van der Waals surface area contributed by atoms with Crippen LogP contribution in [-0.2, 0) is 0 Å². The number of carbonyl (C=O) groups excluding carboxylic acids is 1. The van der Waals surface area contributed by atoms with Crippen LogP contribution in [0, 0.1) is 17.3 Å². The highest BCUT2D eigenvalue weighted by Crippen LogP contribution is 2.61. The van der Waals surface area contributed by atoms with Crippen molar-refractivity contribution in [3.63, 3.8) is 0 Å². The van der Waals surface area contributed by atoms with Crippen LogP contribution >= 0.6 is 0 Å². The largest absolute Gasteiger partial charge is 0.338 e. The SMILES string of the molecule is CCN1CCN(CCCCNC(=O)N2C[C@@H]3[C@@H](C2)C3(C)C)CC1. The Hall–Kier alpha value is -0.810. The molecule has 0 aromatic rings. The van der Waals surface area contributed by atoms with Gasteiger partial charge in [0, 0.05) is 45.8 Å². The number of hydrogen-bond donors (Lipinski definition) is 1. The molecule has 3 aliphatic rings. The van der Waals surface area contributed by atoms with E-state index < -0.39 is 0 Å². The summed E-state index contributed by atoms with van der Waals surface area (Å²) in [6, 6.07) is 0.157. The smallest absolute Gasteiger partial charge is 0.317 e. The lowest BCUT2D eigenvalue weighted by Crippen LogP contribution is -2.46. The van der Waals surface area contributed by atoms with Crippen molar-refractivity contribution in [3.8, 4) is 0 Å². The molecule has 0 bridgehead atoms. The number of fused-ring (bicyclic) bond motifs is 1. The summed E-state index contributed by atoms with van der Waals surface area (Å²) in [5, 5.41) is 3.11. The number of rotatable bonds is 6. The molecule has 5 nitrogen and oxygen atoms in total. The Morgan fingerprint density at radius 3 is 2.26 bits per heavy atom. The molecule has 0 aromatic heterocycles. The number of urea groups is 1. The van der Waals surface area contributed by atoms with E-state index in [4.69, 9.17) is 0 Å². The van der Waals surface area contributed by atoms with Gasteiger partial charge in [-0.05, 0) is 43.2 Å². The third-order valence-electron chi connectivity index (χ3n) is 6.50. The van der Waals surface area contributed by atoms with Crippen LogP contribution in [0.5, 0.6) is 0 Å². The second-order valence-electron chi connectivity index (χ2n) is 8.15. The topological polar surface area (TPSA) is 38.8 Å². The first-order valence-corrected chi connectivity index (χ1v) is 9.50. The number of likely N-dealkylation sites (N-methyl/N-ethyl adjacent to an activating group) is 1. The van der Waals surface area contributed by atoms with E-state index in [2.05, 4.69) is 35.9 Å². The Morgan fingerprint density at radius 1 is 1.04 bits per heavy atom. The summed E-state index contributed by atoms with van der Waals surface area (Å²) >= 11 is 0. The molecule has 2 saturated heterocycles. The van der Waals surface area contributed by atoms with Gasteiger partial charge in [0.2, 0.25) is 0 Å². The number of unbranched alkanes of at least 4 members (excludes halogenated alkanes) is 1. The summed E-state index contributed by atoms with van der Waals surface area (Å²) in [6.45, 7) is 16.8. The van der Waals surface area contributed by atoms with Crippen LogP contribution in [0.2, 0.25) is 0 Å². The predicted molar refractivity (Wildman–Crippen MR) is 93.5 cm³/mol. The molecular formula is C18H34N4O. The van der Waals surface area contributed by atoms with Crippen molar-refractivity contribution >= 4 is 6.03 Å². The minimum Gasteiger partial charge on any atom is -0.338 e. The minimum atomic E-state index is 0.157. The Bertz CT molecular complexity index is 403. The van der Waals surface area contributed by atoms with E-state index in [0.29, 0.717) is 5.41 Å². The summed E-state index contributed by atoms with van der Waals surface area (Å²) in [7, 11) is 0. The lowest BCUT2D eigenvalue weighted by Gasteiger charge is -2.34. The van der Waals surface area contributed by atoms with Crippen molar-refractivity contribution in [1.29, 1.82) is 0 Å². The molecule has 2 amide bonds. The number of piperidine rings is 1. The number of amides is 2.